The Bertz CT molecular complexity index is 446. The number of amides is 3. The molecule has 2 atom stereocenters. The summed E-state index contributed by atoms with van der Waals surface area (Å²) in [4.78, 5) is 24.4. The zero-order valence-corrected chi connectivity index (χ0v) is 8.42. The molecule has 0 aliphatic carbocycles. The van der Waals surface area contributed by atoms with Crippen molar-refractivity contribution in [1.82, 2.24) is 10.2 Å². The Morgan fingerprint density at radius 3 is 2.75 bits per heavy atom. The van der Waals surface area contributed by atoms with E-state index >= 15 is 0 Å². The van der Waals surface area contributed by atoms with E-state index in [4.69, 9.17) is 4.74 Å². The first-order valence-corrected chi connectivity index (χ1v) is 5.07. The third kappa shape index (κ3) is 1.22. The first-order chi connectivity index (χ1) is 7.77. The van der Waals surface area contributed by atoms with Crippen molar-refractivity contribution in [2.75, 3.05) is 6.61 Å². The number of hydrogen-bond acceptors (Lipinski definition) is 3. The smallest absolute Gasteiger partial charge is 0.327 e. The van der Waals surface area contributed by atoms with Gasteiger partial charge in [-0.2, -0.15) is 0 Å². The molecule has 2 fully saturated rings. The summed E-state index contributed by atoms with van der Waals surface area (Å²) in [5.74, 6) is -0.275. The molecule has 2 aliphatic heterocycles. The predicted molar refractivity (Wildman–Crippen MR) is 54.3 cm³/mol. The van der Waals surface area contributed by atoms with Gasteiger partial charge in [0.15, 0.2) is 6.23 Å². The number of benzene rings is 1. The number of nitrogens with one attached hydrogen (secondary N) is 1. The van der Waals surface area contributed by atoms with E-state index in [0.29, 0.717) is 0 Å². The fourth-order valence-corrected chi connectivity index (χ4v) is 2.08. The van der Waals surface area contributed by atoms with Crippen LogP contribution < -0.4 is 5.32 Å². The lowest BCUT2D eigenvalue weighted by molar-refractivity contribution is -0.120. The van der Waals surface area contributed by atoms with Crippen LogP contribution in [0.5, 0.6) is 0 Å². The summed E-state index contributed by atoms with van der Waals surface area (Å²) in [5.41, 5.74) is 0.884. The summed E-state index contributed by atoms with van der Waals surface area (Å²) >= 11 is 0. The van der Waals surface area contributed by atoms with Gasteiger partial charge in [0.25, 0.3) is 5.91 Å². The maximum Gasteiger partial charge on any atom is 0.327 e. The van der Waals surface area contributed by atoms with Gasteiger partial charge >= 0.3 is 6.03 Å². The van der Waals surface area contributed by atoms with Gasteiger partial charge in [0.05, 0.1) is 6.61 Å². The Labute approximate surface area is 92.0 Å². The van der Waals surface area contributed by atoms with Crippen LogP contribution in [-0.4, -0.2) is 29.5 Å². The molecule has 0 radical (unpaired) electrons. The third-order valence-corrected chi connectivity index (χ3v) is 2.85. The number of carbonyl (C=O) groups is 2. The molecule has 1 aromatic carbocycles. The van der Waals surface area contributed by atoms with Crippen molar-refractivity contribution in [1.29, 1.82) is 0 Å². The number of hydrogen-bond donors (Lipinski definition) is 1. The molecular weight excluding hydrogens is 208 g/mol. The molecule has 2 aliphatic rings. The van der Waals surface area contributed by atoms with Crippen LogP contribution in [0.2, 0.25) is 0 Å². The van der Waals surface area contributed by atoms with Gasteiger partial charge < -0.3 is 4.74 Å². The lowest BCUT2D eigenvalue weighted by Crippen LogP contribution is -2.32. The van der Waals surface area contributed by atoms with Crippen LogP contribution in [0.4, 0.5) is 4.79 Å². The number of imide groups is 1. The summed E-state index contributed by atoms with van der Waals surface area (Å²) in [5, 5.41) is 2.29. The molecule has 2 saturated heterocycles. The molecule has 3 amide bonds. The molecule has 0 spiro atoms. The monoisotopic (exact) mass is 218 g/mol. The maximum atomic E-state index is 11.6. The Hall–Kier alpha value is -1.88. The first-order valence-electron chi connectivity index (χ1n) is 5.07. The fourth-order valence-electron chi connectivity index (χ4n) is 2.08. The molecule has 82 valence electrons. The van der Waals surface area contributed by atoms with Crippen LogP contribution in [0.1, 0.15) is 11.8 Å². The van der Waals surface area contributed by atoms with E-state index in [1.165, 1.54) is 4.90 Å². The van der Waals surface area contributed by atoms with Gasteiger partial charge in [-0.25, -0.2) is 4.79 Å². The summed E-state index contributed by atoms with van der Waals surface area (Å²) in [7, 11) is 0. The van der Waals surface area contributed by atoms with E-state index in [1.807, 2.05) is 30.3 Å². The molecule has 1 unspecified atom stereocenters. The molecule has 16 heavy (non-hydrogen) atoms. The van der Waals surface area contributed by atoms with E-state index in [9.17, 15) is 9.59 Å². The Morgan fingerprint density at radius 1 is 1.25 bits per heavy atom. The van der Waals surface area contributed by atoms with Crippen LogP contribution in [0.15, 0.2) is 30.3 Å². The Kier molecular flexibility index (Phi) is 1.94. The van der Waals surface area contributed by atoms with Crippen molar-refractivity contribution in [3.63, 3.8) is 0 Å². The predicted octanol–water partition coefficient (Wildman–Crippen LogP) is 0.636. The maximum absolute atomic E-state index is 11.6. The number of ether oxygens (including phenoxy) is 1. The largest absolute Gasteiger partial charge is 0.351 e. The quantitative estimate of drug-likeness (QED) is 0.703. The van der Waals surface area contributed by atoms with Gasteiger partial charge in [0.1, 0.15) is 6.04 Å². The van der Waals surface area contributed by atoms with E-state index in [2.05, 4.69) is 5.32 Å². The van der Waals surface area contributed by atoms with Crippen molar-refractivity contribution in [2.24, 2.45) is 0 Å². The van der Waals surface area contributed by atoms with Crippen LogP contribution in [0, 0.1) is 0 Å². The first kappa shape index (κ1) is 9.35. The van der Waals surface area contributed by atoms with Crippen molar-refractivity contribution in [3.05, 3.63) is 35.9 Å². The molecule has 2 heterocycles. The third-order valence-electron chi connectivity index (χ3n) is 2.85. The number of fused-ring (bicyclic) bond motifs is 1. The van der Waals surface area contributed by atoms with E-state index in [1.54, 1.807) is 0 Å². The summed E-state index contributed by atoms with van der Waals surface area (Å²) in [6, 6.07) is 8.56. The van der Waals surface area contributed by atoms with Gasteiger partial charge in [-0.1, -0.05) is 30.3 Å². The summed E-state index contributed by atoms with van der Waals surface area (Å²) in [6.07, 6.45) is -0.447. The lowest BCUT2D eigenvalue weighted by atomic mass is 10.2. The second-order valence-corrected chi connectivity index (χ2v) is 3.81. The Balaban J connectivity index is 1.94. The zero-order chi connectivity index (χ0) is 11.1. The minimum Gasteiger partial charge on any atom is -0.351 e. The van der Waals surface area contributed by atoms with Crippen molar-refractivity contribution >= 4 is 11.9 Å². The molecular formula is C11H10N2O3. The molecule has 5 nitrogen and oxygen atoms in total. The topological polar surface area (TPSA) is 58.6 Å². The van der Waals surface area contributed by atoms with E-state index < -0.39 is 12.3 Å². The highest BCUT2D eigenvalue weighted by molar-refractivity contribution is 6.04. The van der Waals surface area contributed by atoms with Crippen molar-refractivity contribution < 1.29 is 14.3 Å². The SMILES string of the molecule is O=C1NC(=O)N2C(c3ccccc3)OC[C@H]12. The van der Waals surface area contributed by atoms with Gasteiger partial charge in [0, 0.05) is 5.56 Å². The van der Waals surface area contributed by atoms with E-state index in [0.717, 1.165) is 5.56 Å². The average Bonchev–Trinajstić information content (AvgIpc) is 2.84. The minimum atomic E-state index is -0.474. The van der Waals surface area contributed by atoms with Crippen LogP contribution >= 0.6 is 0 Å². The number of urea groups is 1. The second kappa shape index (κ2) is 3.31. The highest BCUT2D eigenvalue weighted by Gasteiger charge is 2.48. The van der Waals surface area contributed by atoms with Gasteiger partial charge in [-0.3, -0.25) is 15.0 Å². The summed E-state index contributed by atoms with van der Waals surface area (Å²) in [6.45, 7) is 0.261. The minimum absolute atomic E-state index is 0.261. The van der Waals surface area contributed by atoms with E-state index in [-0.39, 0.29) is 18.5 Å². The molecule has 0 aromatic heterocycles. The van der Waals surface area contributed by atoms with Crippen molar-refractivity contribution in [2.45, 2.75) is 12.3 Å². The van der Waals surface area contributed by atoms with Gasteiger partial charge in [-0.15, -0.1) is 0 Å². The Morgan fingerprint density at radius 2 is 2.00 bits per heavy atom. The van der Waals surface area contributed by atoms with Crippen molar-refractivity contribution in [3.8, 4) is 0 Å². The van der Waals surface area contributed by atoms with Gasteiger partial charge in [-0.05, 0) is 0 Å². The molecule has 0 saturated carbocycles. The number of carbonyl (C=O) groups excluding carboxylic acids is 2. The molecule has 3 rings (SSSR count). The highest BCUT2D eigenvalue weighted by atomic mass is 16.5. The average molecular weight is 218 g/mol. The molecule has 1 aromatic rings. The second-order valence-electron chi connectivity index (χ2n) is 3.81. The zero-order valence-electron chi connectivity index (χ0n) is 8.42. The van der Waals surface area contributed by atoms with Gasteiger partial charge in [0.2, 0.25) is 0 Å². The summed E-state index contributed by atoms with van der Waals surface area (Å²) < 4.78 is 5.49. The molecule has 1 N–H and O–H groups in total. The fraction of sp³-hybridized carbons (Fsp3) is 0.273. The van der Waals surface area contributed by atoms with Crippen LogP contribution in [-0.2, 0) is 9.53 Å². The van der Waals surface area contributed by atoms with Crippen LogP contribution in [0.25, 0.3) is 0 Å². The molecule has 0 bridgehead atoms. The number of nitrogens with zero attached hydrogens (tertiary/aromatic N) is 1. The molecule has 5 heteroatoms. The standard InChI is InChI=1S/C11H10N2O3/c14-9-8-6-16-10(13(8)11(15)12-9)7-4-2-1-3-5-7/h1-5,8,10H,6H2,(H,12,14,15)/t8-,10?/m1/s1. The normalized spacial score (nSPS) is 28.1. The van der Waals surface area contributed by atoms with Crippen LogP contribution in [0.3, 0.4) is 0 Å². The highest BCUT2D eigenvalue weighted by Crippen LogP contribution is 2.32. The number of rotatable bonds is 1. The lowest BCUT2D eigenvalue weighted by Gasteiger charge is -2.20.